The molecule has 0 fully saturated rings. The van der Waals surface area contributed by atoms with Crippen molar-refractivity contribution in [1.29, 1.82) is 0 Å². The van der Waals surface area contributed by atoms with Gasteiger partial charge in [0.2, 0.25) is 0 Å². The van der Waals surface area contributed by atoms with Crippen LogP contribution in [0.2, 0.25) is 5.02 Å². The van der Waals surface area contributed by atoms with Crippen LogP contribution in [-0.4, -0.2) is 62.7 Å². The Hall–Kier alpha value is -3.66. The van der Waals surface area contributed by atoms with Crippen LogP contribution in [-0.2, 0) is 24.4 Å². The summed E-state index contributed by atoms with van der Waals surface area (Å²) < 4.78 is 21.4. The smallest absolute Gasteiger partial charge is 0.271 e. The molecule has 10 heteroatoms. The molecule has 2 N–H and O–H groups in total. The second kappa shape index (κ2) is 11.8. The van der Waals surface area contributed by atoms with Gasteiger partial charge in [0, 0.05) is 68.2 Å². The van der Waals surface area contributed by atoms with E-state index in [0.29, 0.717) is 46.9 Å². The lowest BCUT2D eigenvalue weighted by Crippen LogP contribution is -2.49. The van der Waals surface area contributed by atoms with Crippen LogP contribution in [0.15, 0.2) is 66.8 Å². The highest BCUT2D eigenvalue weighted by Crippen LogP contribution is 2.34. The molecule has 3 aromatic rings. The highest BCUT2D eigenvalue weighted by atomic mass is 35.5. The van der Waals surface area contributed by atoms with Crippen molar-refractivity contribution in [3.8, 4) is 11.1 Å². The van der Waals surface area contributed by atoms with Crippen LogP contribution in [0.4, 0.5) is 10.2 Å². The maximum atomic E-state index is 14.0. The summed E-state index contributed by atoms with van der Waals surface area (Å²) in [4.78, 5) is 22.1. The van der Waals surface area contributed by atoms with Crippen LogP contribution in [0.5, 0.6) is 0 Å². The Bertz CT molecular complexity index is 1470. The van der Waals surface area contributed by atoms with E-state index in [2.05, 4.69) is 41.3 Å². The molecular formula is C30H33ClFN5O3. The number of pyridine rings is 1. The Morgan fingerprint density at radius 1 is 1.25 bits per heavy atom. The van der Waals surface area contributed by atoms with Crippen molar-refractivity contribution in [1.82, 2.24) is 19.4 Å². The lowest BCUT2D eigenvalue weighted by Gasteiger charge is -2.36. The van der Waals surface area contributed by atoms with Crippen molar-refractivity contribution in [2.75, 3.05) is 25.6 Å². The number of methoxy groups -OCH3 is 1. The molecule has 5 rings (SSSR count). The number of rotatable bonds is 9. The normalized spacial score (nSPS) is 16.9. The summed E-state index contributed by atoms with van der Waals surface area (Å²) in [5, 5.41) is 13.6. The topological polar surface area (TPSA) is 82.9 Å². The summed E-state index contributed by atoms with van der Waals surface area (Å²) in [6, 6.07) is 8.06. The van der Waals surface area contributed by atoms with Crippen LogP contribution in [0, 0.1) is 5.82 Å². The first-order valence-electron chi connectivity index (χ1n) is 13.2. The fraction of sp³-hybridized carbons (Fsp3) is 0.333. The summed E-state index contributed by atoms with van der Waals surface area (Å²) in [6.45, 7) is 5.82. The first-order valence-corrected chi connectivity index (χ1v) is 13.6. The zero-order chi connectivity index (χ0) is 28.4. The van der Waals surface area contributed by atoms with E-state index in [-0.39, 0.29) is 25.1 Å². The average molecular weight is 566 g/mol. The van der Waals surface area contributed by atoms with Crippen molar-refractivity contribution in [2.45, 2.75) is 45.6 Å². The summed E-state index contributed by atoms with van der Waals surface area (Å²) in [5.74, 6) is 0.0211. The number of aliphatic hydroxyl groups is 1. The molecule has 0 aliphatic carbocycles. The minimum atomic E-state index is -0.418. The number of ether oxygens (including phenoxy) is 1. The third kappa shape index (κ3) is 5.77. The molecule has 2 aliphatic rings. The molecular weight excluding hydrogens is 533 g/mol. The van der Waals surface area contributed by atoms with Gasteiger partial charge in [0.15, 0.2) is 0 Å². The fourth-order valence-electron chi connectivity index (χ4n) is 5.10. The largest absolute Gasteiger partial charge is 0.392 e. The molecule has 210 valence electrons. The first kappa shape index (κ1) is 27.9. The van der Waals surface area contributed by atoms with Crippen molar-refractivity contribution in [3.63, 3.8) is 0 Å². The van der Waals surface area contributed by atoms with Crippen molar-refractivity contribution >= 4 is 23.3 Å². The number of aromatic nitrogens is 2. The number of carbonyl (C=O) groups excluding carboxylic acids is 1. The number of amides is 1. The Labute approximate surface area is 238 Å². The van der Waals surface area contributed by atoms with Gasteiger partial charge in [-0.2, -0.15) is 0 Å². The van der Waals surface area contributed by atoms with Gasteiger partial charge in [-0.25, -0.2) is 9.37 Å². The molecule has 0 bridgehead atoms. The molecule has 2 aliphatic heterocycles. The van der Waals surface area contributed by atoms with Gasteiger partial charge in [-0.1, -0.05) is 17.7 Å². The Morgan fingerprint density at radius 3 is 2.77 bits per heavy atom. The molecule has 1 atom stereocenters. The lowest BCUT2D eigenvalue weighted by atomic mass is 10.0. The fourth-order valence-corrected chi connectivity index (χ4v) is 5.31. The number of halogens is 2. The minimum Gasteiger partial charge on any atom is -0.392 e. The molecule has 0 spiro atoms. The van der Waals surface area contributed by atoms with E-state index in [0.717, 1.165) is 23.4 Å². The Kier molecular flexibility index (Phi) is 8.25. The van der Waals surface area contributed by atoms with Gasteiger partial charge in [-0.05, 0) is 61.4 Å². The Morgan fingerprint density at radius 2 is 2.08 bits per heavy atom. The van der Waals surface area contributed by atoms with Crippen LogP contribution in [0.3, 0.4) is 0 Å². The van der Waals surface area contributed by atoms with Crippen molar-refractivity contribution < 1.29 is 19.0 Å². The van der Waals surface area contributed by atoms with Crippen LogP contribution < -0.4 is 5.32 Å². The quantitative estimate of drug-likeness (QED) is 0.378. The van der Waals surface area contributed by atoms with Crippen LogP contribution >= 0.6 is 11.6 Å². The number of hydrogen-bond acceptors (Lipinski definition) is 6. The van der Waals surface area contributed by atoms with Gasteiger partial charge in [-0.15, -0.1) is 0 Å². The average Bonchev–Trinajstić information content (AvgIpc) is 3.36. The van der Waals surface area contributed by atoms with Gasteiger partial charge >= 0.3 is 0 Å². The van der Waals surface area contributed by atoms with Gasteiger partial charge in [0.25, 0.3) is 5.91 Å². The first-order chi connectivity index (χ1) is 19.3. The van der Waals surface area contributed by atoms with E-state index in [1.54, 1.807) is 24.3 Å². The molecule has 1 unspecified atom stereocenters. The van der Waals surface area contributed by atoms with E-state index in [1.807, 2.05) is 29.0 Å². The maximum absolute atomic E-state index is 14.0. The number of carbonyl (C=O) groups is 1. The molecule has 4 heterocycles. The maximum Gasteiger partial charge on any atom is 0.271 e. The summed E-state index contributed by atoms with van der Waals surface area (Å²) in [6.07, 6.45) is 9.70. The van der Waals surface area contributed by atoms with E-state index < -0.39 is 5.82 Å². The van der Waals surface area contributed by atoms with E-state index >= 15 is 0 Å². The number of allylic oxidation sites excluding steroid dienone is 1. The second-order valence-electron chi connectivity index (χ2n) is 10.3. The van der Waals surface area contributed by atoms with Crippen molar-refractivity contribution in [2.24, 2.45) is 0 Å². The summed E-state index contributed by atoms with van der Waals surface area (Å²) in [7, 11) is 1.59. The molecule has 0 saturated carbocycles. The van der Waals surface area contributed by atoms with Gasteiger partial charge < -0.3 is 29.5 Å². The zero-order valence-electron chi connectivity index (χ0n) is 22.8. The third-order valence-corrected chi connectivity index (χ3v) is 7.63. The standard InChI is InChI=1S/C30H33ClFN5O3/c1-19(2)35-8-6-24(7-9-35)34-29-12-26(27(31)13-33-29)22-11-28-30(39)37(25(18-40-3)16-36(28)14-22)15-21-10-23(32)5-4-20(21)17-38/h4-8,10-14,19,25,38H,9,15-18H2,1-3H3,(H,33,34). The van der Waals surface area contributed by atoms with Crippen LogP contribution in [0.1, 0.15) is 35.5 Å². The molecule has 8 nitrogen and oxygen atoms in total. The molecule has 1 aromatic carbocycles. The number of fused-ring (bicyclic) bond motifs is 1. The number of hydrogen-bond donors (Lipinski definition) is 2. The molecule has 2 aromatic heterocycles. The van der Waals surface area contributed by atoms with Crippen molar-refractivity contribution in [3.05, 3.63) is 94.4 Å². The number of benzene rings is 1. The van der Waals surface area contributed by atoms with Gasteiger partial charge in [-0.3, -0.25) is 4.79 Å². The number of nitrogens with zero attached hydrogens (tertiary/aromatic N) is 4. The summed E-state index contributed by atoms with van der Waals surface area (Å²) in [5.41, 5.74) is 4.13. The summed E-state index contributed by atoms with van der Waals surface area (Å²) >= 11 is 6.58. The van der Waals surface area contributed by atoms with E-state index in [9.17, 15) is 14.3 Å². The molecule has 0 saturated heterocycles. The number of anilines is 1. The number of nitrogens with one attached hydrogen (secondary N) is 1. The van der Waals surface area contributed by atoms with E-state index in [4.69, 9.17) is 16.3 Å². The molecule has 0 radical (unpaired) electrons. The second-order valence-corrected chi connectivity index (χ2v) is 10.7. The predicted octanol–water partition coefficient (Wildman–Crippen LogP) is 5.04. The SMILES string of the molecule is COCC1Cn2cc(-c3cc(NC4=CCN(C(C)C)C=C4)ncc3Cl)cc2C(=O)N1Cc1cc(F)ccc1CO. The number of aliphatic hydroxyl groups excluding tert-OH is 1. The monoisotopic (exact) mass is 565 g/mol. The molecule has 40 heavy (non-hydrogen) atoms. The third-order valence-electron chi connectivity index (χ3n) is 7.33. The lowest BCUT2D eigenvalue weighted by molar-refractivity contribution is 0.0386. The molecule has 1 amide bonds. The zero-order valence-corrected chi connectivity index (χ0v) is 23.5. The highest BCUT2D eigenvalue weighted by molar-refractivity contribution is 6.33. The minimum absolute atomic E-state index is 0.155. The highest BCUT2D eigenvalue weighted by Gasteiger charge is 2.34. The van der Waals surface area contributed by atoms with Gasteiger partial charge in [0.05, 0.1) is 24.3 Å². The van der Waals surface area contributed by atoms with Crippen LogP contribution in [0.25, 0.3) is 11.1 Å². The van der Waals surface area contributed by atoms with Gasteiger partial charge in [0.1, 0.15) is 17.3 Å². The predicted molar refractivity (Wildman–Crippen MR) is 153 cm³/mol. The van der Waals surface area contributed by atoms with E-state index in [1.165, 1.54) is 12.1 Å². The Balaban J connectivity index is 1.42.